The lowest BCUT2D eigenvalue weighted by molar-refractivity contribution is 1.00. The zero-order valence-electron chi connectivity index (χ0n) is 8.57. The number of rotatable bonds is 2. The van der Waals surface area contributed by atoms with E-state index in [0.29, 0.717) is 23.0 Å². The monoisotopic (exact) mass is 236 g/mol. The number of hydrogen-bond donors (Lipinski definition) is 1. The summed E-state index contributed by atoms with van der Waals surface area (Å²) >= 11 is 5.64. The fourth-order valence-corrected chi connectivity index (χ4v) is 1.42. The third-order valence-electron chi connectivity index (χ3n) is 1.95. The summed E-state index contributed by atoms with van der Waals surface area (Å²) < 4.78 is 0. The van der Waals surface area contributed by atoms with Crippen LogP contribution in [-0.4, -0.2) is 19.9 Å². The summed E-state index contributed by atoms with van der Waals surface area (Å²) in [7, 11) is 0. The van der Waals surface area contributed by atoms with Crippen LogP contribution in [0.2, 0.25) is 0 Å². The average molecular weight is 237 g/mol. The van der Waals surface area contributed by atoms with Crippen molar-refractivity contribution in [3.05, 3.63) is 40.2 Å². The highest BCUT2D eigenvalue weighted by Gasteiger charge is 2.05. The summed E-state index contributed by atoms with van der Waals surface area (Å²) in [6.07, 6.45) is 1.62. The van der Waals surface area contributed by atoms with Crippen LogP contribution in [-0.2, 0) is 5.88 Å². The minimum atomic E-state index is -0.239. The van der Waals surface area contributed by atoms with Crippen LogP contribution in [0, 0.1) is 6.92 Å². The van der Waals surface area contributed by atoms with Crippen molar-refractivity contribution in [2.45, 2.75) is 12.8 Å². The summed E-state index contributed by atoms with van der Waals surface area (Å²) in [5, 5.41) is 0. The molecule has 0 aliphatic rings. The quantitative estimate of drug-likeness (QED) is 0.798. The van der Waals surface area contributed by atoms with Gasteiger partial charge in [-0.1, -0.05) is 0 Å². The number of aryl methyl sites for hydroxylation is 1. The van der Waals surface area contributed by atoms with E-state index in [1.165, 1.54) is 6.07 Å². The lowest BCUT2D eigenvalue weighted by Crippen LogP contribution is -2.10. The Hall–Kier alpha value is -1.75. The Bertz CT molecular complexity index is 567. The first kappa shape index (κ1) is 10.8. The number of aromatic nitrogens is 4. The predicted octanol–water partition coefficient (Wildman–Crippen LogP) is 1.27. The normalized spacial score (nSPS) is 10.4. The number of nitrogens with one attached hydrogen (secondary N) is 1. The highest BCUT2D eigenvalue weighted by atomic mass is 35.5. The van der Waals surface area contributed by atoms with Crippen molar-refractivity contribution in [2.75, 3.05) is 0 Å². The van der Waals surface area contributed by atoms with E-state index in [1.807, 2.05) is 0 Å². The van der Waals surface area contributed by atoms with Gasteiger partial charge in [0.25, 0.3) is 5.56 Å². The maximum absolute atomic E-state index is 11.3. The molecule has 6 heteroatoms. The van der Waals surface area contributed by atoms with E-state index in [-0.39, 0.29) is 11.4 Å². The molecule has 0 saturated heterocycles. The van der Waals surface area contributed by atoms with Crippen LogP contribution in [0.5, 0.6) is 0 Å². The van der Waals surface area contributed by atoms with Crippen LogP contribution in [0.1, 0.15) is 11.5 Å². The minimum Gasteiger partial charge on any atom is -0.305 e. The molecule has 0 spiro atoms. The Morgan fingerprint density at radius 1 is 1.44 bits per heavy atom. The first-order chi connectivity index (χ1) is 7.69. The maximum atomic E-state index is 11.3. The lowest BCUT2D eigenvalue weighted by atomic mass is 10.3. The molecule has 0 saturated carbocycles. The van der Waals surface area contributed by atoms with Gasteiger partial charge in [-0.2, -0.15) is 0 Å². The van der Waals surface area contributed by atoms with E-state index < -0.39 is 0 Å². The smallest absolute Gasteiger partial charge is 0.251 e. The molecule has 0 radical (unpaired) electrons. The molecule has 2 rings (SSSR count). The number of H-pyrrole nitrogens is 1. The van der Waals surface area contributed by atoms with Gasteiger partial charge in [-0.05, 0) is 13.0 Å². The molecule has 2 aromatic heterocycles. The van der Waals surface area contributed by atoms with Crippen LogP contribution in [0.3, 0.4) is 0 Å². The molecule has 0 fully saturated rings. The van der Waals surface area contributed by atoms with Crippen LogP contribution < -0.4 is 5.56 Å². The third kappa shape index (κ3) is 2.25. The first-order valence-electron chi connectivity index (χ1n) is 4.65. The molecule has 0 unspecified atom stereocenters. The molecule has 0 amide bonds. The van der Waals surface area contributed by atoms with Crippen molar-refractivity contribution in [3.8, 4) is 11.5 Å². The molecular formula is C10H9ClN4O. The summed E-state index contributed by atoms with van der Waals surface area (Å²) in [6, 6.07) is 3.05. The molecule has 1 N–H and O–H groups in total. The van der Waals surface area contributed by atoms with E-state index in [4.69, 9.17) is 11.6 Å². The second-order valence-corrected chi connectivity index (χ2v) is 3.48. The minimum absolute atomic E-state index is 0.195. The van der Waals surface area contributed by atoms with E-state index in [2.05, 4.69) is 19.9 Å². The van der Waals surface area contributed by atoms with Crippen LogP contribution in [0.15, 0.2) is 23.1 Å². The standard InChI is InChI=1S/C10H9ClN4O/c1-6-12-3-2-8(13-6)10-14-7(5-11)4-9(16)15-10/h2-4H,5H2,1H3,(H,14,15,16). The molecule has 0 bridgehead atoms. The van der Waals surface area contributed by atoms with Gasteiger partial charge >= 0.3 is 0 Å². The fraction of sp³-hybridized carbons (Fsp3) is 0.200. The highest BCUT2D eigenvalue weighted by Crippen LogP contribution is 2.10. The molecular weight excluding hydrogens is 228 g/mol. The van der Waals surface area contributed by atoms with Gasteiger partial charge in [0.1, 0.15) is 11.5 Å². The van der Waals surface area contributed by atoms with Crippen molar-refractivity contribution in [2.24, 2.45) is 0 Å². The average Bonchev–Trinajstić information content (AvgIpc) is 2.28. The van der Waals surface area contributed by atoms with E-state index >= 15 is 0 Å². The van der Waals surface area contributed by atoms with Gasteiger partial charge in [0, 0.05) is 12.3 Å². The summed E-state index contributed by atoms with van der Waals surface area (Å²) in [5.41, 5.74) is 0.866. The summed E-state index contributed by atoms with van der Waals surface area (Å²) in [6.45, 7) is 1.77. The zero-order chi connectivity index (χ0) is 11.5. The van der Waals surface area contributed by atoms with Gasteiger partial charge in [-0.15, -0.1) is 11.6 Å². The van der Waals surface area contributed by atoms with Gasteiger partial charge in [-0.25, -0.2) is 15.0 Å². The first-order valence-corrected chi connectivity index (χ1v) is 5.19. The summed E-state index contributed by atoms with van der Waals surface area (Å²) in [5.74, 6) is 1.23. The zero-order valence-corrected chi connectivity index (χ0v) is 9.32. The Kier molecular flexibility index (Phi) is 2.96. The number of aromatic amines is 1. The predicted molar refractivity (Wildman–Crippen MR) is 60.2 cm³/mol. The Morgan fingerprint density at radius 2 is 2.25 bits per heavy atom. The van der Waals surface area contributed by atoms with Gasteiger partial charge in [-0.3, -0.25) is 4.79 Å². The van der Waals surface area contributed by atoms with Gasteiger partial charge in [0.15, 0.2) is 5.82 Å². The molecule has 2 aromatic rings. The SMILES string of the molecule is Cc1nccc(-c2nc(CCl)cc(=O)[nH]2)n1. The second kappa shape index (κ2) is 4.40. The van der Waals surface area contributed by atoms with E-state index in [1.54, 1.807) is 19.2 Å². The van der Waals surface area contributed by atoms with Crippen molar-refractivity contribution in [1.82, 2.24) is 19.9 Å². The van der Waals surface area contributed by atoms with Crippen LogP contribution in [0.25, 0.3) is 11.5 Å². The van der Waals surface area contributed by atoms with Crippen molar-refractivity contribution in [3.63, 3.8) is 0 Å². The highest BCUT2D eigenvalue weighted by molar-refractivity contribution is 6.16. The van der Waals surface area contributed by atoms with Crippen molar-refractivity contribution in [1.29, 1.82) is 0 Å². The van der Waals surface area contributed by atoms with Crippen LogP contribution in [0.4, 0.5) is 0 Å². The molecule has 82 valence electrons. The molecule has 0 aliphatic heterocycles. The molecule has 2 heterocycles. The van der Waals surface area contributed by atoms with Crippen LogP contribution >= 0.6 is 11.6 Å². The second-order valence-electron chi connectivity index (χ2n) is 3.21. The fourth-order valence-electron chi connectivity index (χ4n) is 1.29. The molecule has 0 atom stereocenters. The van der Waals surface area contributed by atoms with Gasteiger partial charge in [0.2, 0.25) is 0 Å². The number of hydrogen-bond acceptors (Lipinski definition) is 4. The number of halogens is 1. The Morgan fingerprint density at radius 3 is 2.94 bits per heavy atom. The number of nitrogens with zero attached hydrogens (tertiary/aromatic N) is 3. The topological polar surface area (TPSA) is 71.5 Å². The van der Waals surface area contributed by atoms with E-state index in [9.17, 15) is 4.79 Å². The Labute approximate surface area is 96.6 Å². The van der Waals surface area contributed by atoms with Gasteiger partial charge < -0.3 is 4.98 Å². The molecule has 5 nitrogen and oxygen atoms in total. The Balaban J connectivity index is 2.55. The van der Waals surface area contributed by atoms with Crippen molar-refractivity contribution >= 4 is 11.6 Å². The molecule has 16 heavy (non-hydrogen) atoms. The number of alkyl halides is 1. The maximum Gasteiger partial charge on any atom is 0.251 e. The van der Waals surface area contributed by atoms with Gasteiger partial charge in [0.05, 0.1) is 11.6 Å². The largest absolute Gasteiger partial charge is 0.305 e. The lowest BCUT2D eigenvalue weighted by Gasteiger charge is -2.01. The van der Waals surface area contributed by atoms with E-state index in [0.717, 1.165) is 0 Å². The third-order valence-corrected chi connectivity index (χ3v) is 2.22. The molecule has 0 aliphatic carbocycles. The van der Waals surface area contributed by atoms with Crippen molar-refractivity contribution < 1.29 is 0 Å². The molecule has 0 aromatic carbocycles. The summed E-state index contributed by atoms with van der Waals surface area (Å²) in [4.78, 5) is 26.3.